The van der Waals surface area contributed by atoms with Gasteiger partial charge in [-0.05, 0) is 37.8 Å². The summed E-state index contributed by atoms with van der Waals surface area (Å²) in [7, 11) is 0. The van der Waals surface area contributed by atoms with Gasteiger partial charge in [0.25, 0.3) is 0 Å². The first-order valence-electron chi connectivity index (χ1n) is 8.05. The van der Waals surface area contributed by atoms with Crippen LogP contribution in [0.15, 0.2) is 18.2 Å². The van der Waals surface area contributed by atoms with Gasteiger partial charge in [0.05, 0.1) is 30.8 Å². The minimum atomic E-state index is 0. The molecule has 1 aromatic rings. The van der Waals surface area contributed by atoms with Crippen molar-refractivity contribution in [2.24, 2.45) is 5.92 Å². The van der Waals surface area contributed by atoms with Gasteiger partial charge in [0.15, 0.2) is 0 Å². The molecular formula is C17H25Cl3NO+. The van der Waals surface area contributed by atoms with E-state index in [0.29, 0.717) is 23.6 Å². The number of benzene rings is 1. The standard InChI is InChI=1S/C17H24Cl2NO.ClH/c18-15-7-6-13(16(19)10-15)11-20-8-2-1-5-17(20)14(12-21)4-3-9-20;/h6-7,10,14,17,21H,1-5,8-9,11-12H2;1H/q+1;. The van der Waals surface area contributed by atoms with E-state index < -0.39 is 0 Å². The number of quaternary nitrogens is 1. The Morgan fingerprint density at radius 3 is 2.59 bits per heavy atom. The van der Waals surface area contributed by atoms with Crippen LogP contribution >= 0.6 is 35.6 Å². The maximum absolute atomic E-state index is 9.75. The van der Waals surface area contributed by atoms with Crippen molar-refractivity contribution in [2.45, 2.75) is 44.7 Å². The van der Waals surface area contributed by atoms with E-state index in [9.17, 15) is 5.11 Å². The molecule has 2 fully saturated rings. The SMILES string of the molecule is Cl.OCC1CCC[N+]2(Cc3ccc(Cl)cc3Cl)CCCCC12. The lowest BCUT2D eigenvalue weighted by Crippen LogP contribution is -2.63. The average molecular weight is 366 g/mol. The first kappa shape index (κ1) is 18.4. The molecule has 2 saturated heterocycles. The van der Waals surface area contributed by atoms with Gasteiger partial charge >= 0.3 is 0 Å². The number of nitrogens with zero attached hydrogens (tertiary/aromatic N) is 1. The van der Waals surface area contributed by atoms with Crippen molar-refractivity contribution >= 4 is 35.6 Å². The molecule has 0 radical (unpaired) electrons. The van der Waals surface area contributed by atoms with Gasteiger partial charge in [-0.3, -0.25) is 0 Å². The van der Waals surface area contributed by atoms with Gasteiger partial charge in [0.2, 0.25) is 0 Å². The number of piperidine rings is 2. The summed E-state index contributed by atoms with van der Waals surface area (Å²) in [5.74, 6) is 0.463. The van der Waals surface area contributed by atoms with Gasteiger partial charge in [-0.1, -0.05) is 29.3 Å². The van der Waals surface area contributed by atoms with Crippen molar-refractivity contribution < 1.29 is 9.59 Å². The highest BCUT2D eigenvalue weighted by Gasteiger charge is 2.46. The van der Waals surface area contributed by atoms with E-state index in [1.165, 1.54) is 50.8 Å². The van der Waals surface area contributed by atoms with E-state index in [1.807, 2.05) is 12.1 Å². The highest BCUT2D eigenvalue weighted by Crippen LogP contribution is 2.40. The molecule has 124 valence electrons. The average Bonchev–Trinajstić information content (AvgIpc) is 2.49. The molecule has 0 amide bonds. The van der Waals surface area contributed by atoms with Gasteiger partial charge < -0.3 is 9.59 Å². The Kier molecular flexibility index (Phi) is 6.44. The molecule has 2 aliphatic rings. The van der Waals surface area contributed by atoms with Crippen LogP contribution in [0.25, 0.3) is 0 Å². The Hall–Kier alpha value is 0.01000. The van der Waals surface area contributed by atoms with Crippen LogP contribution in [-0.4, -0.2) is 35.3 Å². The molecule has 2 aliphatic heterocycles. The predicted molar refractivity (Wildman–Crippen MR) is 94.9 cm³/mol. The fourth-order valence-electron chi connectivity index (χ4n) is 4.52. The molecule has 22 heavy (non-hydrogen) atoms. The van der Waals surface area contributed by atoms with E-state index >= 15 is 0 Å². The first-order valence-corrected chi connectivity index (χ1v) is 8.81. The van der Waals surface area contributed by atoms with E-state index in [-0.39, 0.29) is 12.4 Å². The summed E-state index contributed by atoms with van der Waals surface area (Å²) >= 11 is 12.4. The zero-order valence-electron chi connectivity index (χ0n) is 12.8. The minimum Gasteiger partial charge on any atom is -0.396 e. The van der Waals surface area contributed by atoms with E-state index in [0.717, 1.165) is 16.1 Å². The van der Waals surface area contributed by atoms with Gasteiger partial charge in [-0.2, -0.15) is 0 Å². The molecule has 1 N–H and O–H groups in total. The fraction of sp³-hybridized carbons (Fsp3) is 0.647. The third-order valence-corrected chi connectivity index (χ3v) is 6.10. The summed E-state index contributed by atoms with van der Waals surface area (Å²) in [6.45, 7) is 3.76. The number of aliphatic hydroxyl groups excluding tert-OH is 1. The lowest BCUT2D eigenvalue weighted by molar-refractivity contribution is -0.976. The highest BCUT2D eigenvalue weighted by atomic mass is 35.5. The summed E-state index contributed by atoms with van der Waals surface area (Å²) in [6.07, 6.45) is 6.23. The Balaban J connectivity index is 0.00000176. The summed E-state index contributed by atoms with van der Waals surface area (Å²) < 4.78 is 1.12. The minimum absolute atomic E-state index is 0. The molecule has 2 heterocycles. The van der Waals surface area contributed by atoms with Crippen molar-refractivity contribution in [2.75, 3.05) is 19.7 Å². The van der Waals surface area contributed by atoms with Crippen molar-refractivity contribution in [1.82, 2.24) is 0 Å². The molecule has 3 unspecified atom stereocenters. The fourth-order valence-corrected chi connectivity index (χ4v) is 4.99. The molecule has 0 spiro atoms. The van der Waals surface area contributed by atoms with Gasteiger partial charge in [0, 0.05) is 22.9 Å². The van der Waals surface area contributed by atoms with E-state index in [4.69, 9.17) is 23.2 Å². The van der Waals surface area contributed by atoms with Gasteiger partial charge in [0.1, 0.15) is 6.54 Å². The number of hydrogen-bond donors (Lipinski definition) is 1. The van der Waals surface area contributed by atoms with Crippen LogP contribution in [0.1, 0.15) is 37.7 Å². The second-order valence-corrected chi connectivity index (χ2v) is 7.55. The highest BCUT2D eigenvalue weighted by molar-refractivity contribution is 6.35. The second kappa shape index (κ2) is 7.72. The third kappa shape index (κ3) is 3.57. The summed E-state index contributed by atoms with van der Waals surface area (Å²) in [6, 6.07) is 6.46. The van der Waals surface area contributed by atoms with E-state index in [1.54, 1.807) is 0 Å². The second-order valence-electron chi connectivity index (χ2n) is 6.71. The number of hydrogen-bond acceptors (Lipinski definition) is 1. The van der Waals surface area contributed by atoms with Crippen molar-refractivity contribution in [3.63, 3.8) is 0 Å². The Morgan fingerprint density at radius 1 is 1.09 bits per heavy atom. The van der Waals surface area contributed by atoms with Crippen LogP contribution in [0.3, 0.4) is 0 Å². The molecule has 0 saturated carbocycles. The molecule has 1 aromatic carbocycles. The summed E-state index contributed by atoms with van der Waals surface area (Å²) in [5.41, 5.74) is 1.20. The Labute approximate surface area is 149 Å². The molecule has 0 bridgehead atoms. The number of rotatable bonds is 3. The van der Waals surface area contributed by atoms with Crippen molar-refractivity contribution in [3.05, 3.63) is 33.8 Å². The molecular weight excluding hydrogens is 341 g/mol. The molecule has 0 aliphatic carbocycles. The predicted octanol–water partition coefficient (Wildman–Crippen LogP) is 4.69. The molecule has 3 rings (SSSR count). The van der Waals surface area contributed by atoms with Crippen LogP contribution in [0.4, 0.5) is 0 Å². The molecule has 5 heteroatoms. The summed E-state index contributed by atoms with van der Waals surface area (Å²) in [4.78, 5) is 0. The largest absolute Gasteiger partial charge is 0.396 e. The number of aliphatic hydroxyl groups is 1. The van der Waals surface area contributed by atoms with Crippen LogP contribution < -0.4 is 0 Å². The maximum Gasteiger partial charge on any atom is 0.106 e. The maximum atomic E-state index is 9.75. The monoisotopic (exact) mass is 364 g/mol. The zero-order chi connectivity index (χ0) is 14.9. The Morgan fingerprint density at radius 2 is 1.86 bits per heavy atom. The lowest BCUT2D eigenvalue weighted by atomic mass is 9.81. The molecule has 2 nitrogen and oxygen atoms in total. The molecule has 0 aromatic heterocycles. The first-order chi connectivity index (χ1) is 10.1. The molecule has 3 atom stereocenters. The smallest absolute Gasteiger partial charge is 0.106 e. The number of fused-ring (bicyclic) bond motifs is 1. The van der Waals surface area contributed by atoms with Gasteiger partial charge in [-0.25, -0.2) is 0 Å². The van der Waals surface area contributed by atoms with E-state index in [2.05, 4.69) is 6.07 Å². The topological polar surface area (TPSA) is 20.2 Å². The quantitative estimate of drug-likeness (QED) is 0.771. The van der Waals surface area contributed by atoms with Crippen molar-refractivity contribution in [1.29, 1.82) is 0 Å². The zero-order valence-corrected chi connectivity index (χ0v) is 15.1. The third-order valence-electron chi connectivity index (χ3n) is 5.51. The number of halogens is 3. The van der Waals surface area contributed by atoms with Crippen molar-refractivity contribution in [3.8, 4) is 0 Å². The lowest BCUT2D eigenvalue weighted by Gasteiger charge is -2.53. The van der Waals surface area contributed by atoms with Crippen LogP contribution in [0.5, 0.6) is 0 Å². The van der Waals surface area contributed by atoms with Gasteiger partial charge in [-0.15, -0.1) is 12.4 Å². The van der Waals surface area contributed by atoms with Crippen LogP contribution in [0, 0.1) is 5.92 Å². The summed E-state index contributed by atoms with van der Waals surface area (Å²) in [5, 5.41) is 11.2. The Bertz CT molecular complexity index is 507. The normalized spacial score (nSPS) is 31.2. The van der Waals surface area contributed by atoms with Crippen LogP contribution in [-0.2, 0) is 6.54 Å². The van der Waals surface area contributed by atoms with Crippen LogP contribution in [0.2, 0.25) is 10.0 Å².